The first kappa shape index (κ1) is 21.8. The summed E-state index contributed by atoms with van der Waals surface area (Å²) in [5, 5.41) is 11.6. The lowest BCUT2D eigenvalue weighted by Gasteiger charge is -2.22. The smallest absolute Gasteiger partial charge is 0.301 e. The zero-order chi connectivity index (χ0) is 24.0. The van der Waals surface area contributed by atoms with Gasteiger partial charge in [-0.1, -0.05) is 17.4 Å². The summed E-state index contributed by atoms with van der Waals surface area (Å²) in [5.41, 5.74) is 3.94. The van der Waals surface area contributed by atoms with Crippen LogP contribution in [0.1, 0.15) is 28.3 Å². The molecular formula is C26H21N3O4S. The summed E-state index contributed by atoms with van der Waals surface area (Å²) < 4.78 is 6.11. The van der Waals surface area contributed by atoms with E-state index >= 15 is 0 Å². The number of aliphatic hydroxyl groups is 1. The minimum absolute atomic E-state index is 0.00789. The number of ether oxygens (including phenoxy) is 1. The van der Waals surface area contributed by atoms with Crippen molar-refractivity contribution in [1.29, 1.82) is 0 Å². The summed E-state index contributed by atoms with van der Waals surface area (Å²) in [7, 11) is 1.55. The molecule has 0 bridgehead atoms. The number of carbonyl (C=O) groups excluding carboxylic acids is 2. The Labute approximate surface area is 200 Å². The molecule has 1 fully saturated rings. The lowest BCUT2D eigenvalue weighted by molar-refractivity contribution is -0.132. The van der Waals surface area contributed by atoms with E-state index in [1.165, 1.54) is 16.2 Å². The third kappa shape index (κ3) is 3.52. The van der Waals surface area contributed by atoms with E-state index in [1.54, 1.807) is 55.9 Å². The molecule has 1 saturated heterocycles. The predicted molar refractivity (Wildman–Crippen MR) is 131 cm³/mol. The molecule has 0 radical (unpaired) electrons. The third-order valence-electron chi connectivity index (χ3n) is 5.85. The normalized spacial score (nSPS) is 17.5. The average molecular weight is 472 g/mol. The number of pyridine rings is 1. The van der Waals surface area contributed by atoms with Crippen molar-refractivity contribution in [2.24, 2.45) is 0 Å². The number of benzene rings is 2. The summed E-state index contributed by atoms with van der Waals surface area (Å²) in [6, 6.07) is 13.3. The molecule has 34 heavy (non-hydrogen) atoms. The van der Waals surface area contributed by atoms with Gasteiger partial charge in [-0.05, 0) is 73.0 Å². The average Bonchev–Trinajstić information content (AvgIpc) is 3.38. The second-order valence-corrected chi connectivity index (χ2v) is 9.11. The summed E-state index contributed by atoms with van der Waals surface area (Å²) in [5.74, 6) is -1.13. The van der Waals surface area contributed by atoms with Gasteiger partial charge in [-0.15, -0.1) is 0 Å². The van der Waals surface area contributed by atoms with Gasteiger partial charge in [0.1, 0.15) is 11.5 Å². The molecule has 170 valence electrons. The van der Waals surface area contributed by atoms with Gasteiger partial charge < -0.3 is 9.84 Å². The number of methoxy groups -OCH3 is 1. The minimum atomic E-state index is -0.841. The number of amides is 1. The van der Waals surface area contributed by atoms with Crippen LogP contribution in [0.2, 0.25) is 0 Å². The number of rotatable bonds is 4. The maximum atomic E-state index is 13.3. The quantitative estimate of drug-likeness (QED) is 0.257. The van der Waals surface area contributed by atoms with Crippen LogP contribution < -0.4 is 9.64 Å². The van der Waals surface area contributed by atoms with Crippen molar-refractivity contribution in [2.75, 3.05) is 12.0 Å². The van der Waals surface area contributed by atoms with Crippen LogP contribution in [0.15, 0.2) is 66.5 Å². The molecule has 2 aromatic heterocycles. The second-order valence-electron chi connectivity index (χ2n) is 8.10. The molecule has 5 rings (SSSR count). The predicted octanol–water partition coefficient (Wildman–Crippen LogP) is 4.94. The van der Waals surface area contributed by atoms with Crippen molar-refractivity contribution in [3.8, 4) is 5.75 Å². The minimum Gasteiger partial charge on any atom is -0.507 e. The van der Waals surface area contributed by atoms with Crippen LogP contribution >= 0.6 is 11.3 Å². The molecule has 1 aliphatic rings. The van der Waals surface area contributed by atoms with Gasteiger partial charge in [0.05, 0.1) is 28.9 Å². The molecule has 7 nitrogen and oxygen atoms in total. The Kier molecular flexibility index (Phi) is 5.37. The number of Topliss-reactive ketones (excluding diaryl/α,β-unsaturated/α-hetero) is 1. The van der Waals surface area contributed by atoms with Crippen LogP contribution in [-0.2, 0) is 9.59 Å². The highest BCUT2D eigenvalue weighted by Crippen LogP contribution is 2.44. The highest BCUT2D eigenvalue weighted by atomic mass is 32.1. The molecule has 1 N–H and O–H groups in total. The monoisotopic (exact) mass is 471 g/mol. The van der Waals surface area contributed by atoms with E-state index in [9.17, 15) is 14.7 Å². The number of carbonyl (C=O) groups is 2. The molecule has 0 saturated carbocycles. The van der Waals surface area contributed by atoms with Crippen LogP contribution in [0, 0.1) is 13.8 Å². The Balaban J connectivity index is 1.71. The maximum Gasteiger partial charge on any atom is 0.301 e. The van der Waals surface area contributed by atoms with Gasteiger partial charge in [0, 0.05) is 18.0 Å². The van der Waals surface area contributed by atoms with E-state index in [0.717, 1.165) is 21.3 Å². The van der Waals surface area contributed by atoms with Gasteiger partial charge in [0.25, 0.3) is 5.78 Å². The molecule has 0 spiro atoms. The maximum absolute atomic E-state index is 13.3. The SMILES string of the molecule is COc1ccc(/C(O)=C2\C(=O)C(=O)N(c3nc4c(C)cc(C)cc4s3)C2c2ccncc2)cc1. The van der Waals surface area contributed by atoms with Crippen LogP contribution in [0.4, 0.5) is 5.13 Å². The number of ketones is 1. The first-order valence-corrected chi connectivity index (χ1v) is 11.4. The Morgan fingerprint density at radius 2 is 1.76 bits per heavy atom. The van der Waals surface area contributed by atoms with E-state index in [0.29, 0.717) is 22.0 Å². The van der Waals surface area contributed by atoms with Gasteiger partial charge in [-0.3, -0.25) is 19.5 Å². The summed E-state index contributed by atoms with van der Waals surface area (Å²) in [6.07, 6.45) is 3.18. The summed E-state index contributed by atoms with van der Waals surface area (Å²) in [4.78, 5) is 36.8. The Hall–Kier alpha value is -4.04. The number of hydrogen-bond acceptors (Lipinski definition) is 7. The van der Waals surface area contributed by atoms with Crippen molar-refractivity contribution < 1.29 is 19.4 Å². The van der Waals surface area contributed by atoms with Crippen molar-refractivity contribution in [2.45, 2.75) is 19.9 Å². The van der Waals surface area contributed by atoms with Crippen molar-refractivity contribution in [1.82, 2.24) is 9.97 Å². The number of anilines is 1. The van der Waals surface area contributed by atoms with Crippen LogP contribution in [0.3, 0.4) is 0 Å². The topological polar surface area (TPSA) is 92.6 Å². The number of fused-ring (bicyclic) bond motifs is 1. The zero-order valence-corrected chi connectivity index (χ0v) is 19.6. The Bertz CT molecular complexity index is 1460. The van der Waals surface area contributed by atoms with Gasteiger partial charge in [0.15, 0.2) is 5.13 Å². The van der Waals surface area contributed by atoms with Crippen LogP contribution in [0.25, 0.3) is 16.0 Å². The molecule has 2 aromatic carbocycles. The van der Waals surface area contributed by atoms with Crippen LogP contribution in [-0.4, -0.2) is 33.9 Å². The molecular weight excluding hydrogens is 450 g/mol. The lowest BCUT2D eigenvalue weighted by Crippen LogP contribution is -2.29. The lowest BCUT2D eigenvalue weighted by atomic mass is 9.96. The summed E-state index contributed by atoms with van der Waals surface area (Å²) >= 11 is 1.35. The molecule has 1 aliphatic heterocycles. The van der Waals surface area contributed by atoms with Gasteiger partial charge >= 0.3 is 5.91 Å². The van der Waals surface area contributed by atoms with E-state index < -0.39 is 17.7 Å². The number of aliphatic hydroxyl groups excluding tert-OH is 1. The molecule has 0 aliphatic carbocycles. The molecule has 3 heterocycles. The summed E-state index contributed by atoms with van der Waals surface area (Å²) in [6.45, 7) is 3.97. The van der Waals surface area contributed by atoms with Gasteiger partial charge in [0.2, 0.25) is 0 Å². The Morgan fingerprint density at radius 1 is 1.06 bits per heavy atom. The number of nitrogens with zero attached hydrogens (tertiary/aromatic N) is 3. The standard InChI is InChI=1S/C26H21N3O4S/c1-14-12-15(2)21-19(13-14)34-26(28-21)29-22(16-8-10-27-11-9-16)20(24(31)25(29)32)23(30)17-4-6-18(33-3)7-5-17/h4-13,22,30H,1-3H3/b23-20+. The fourth-order valence-corrected chi connectivity index (χ4v) is 5.43. The number of aryl methyl sites for hydroxylation is 2. The highest BCUT2D eigenvalue weighted by Gasteiger charge is 2.48. The zero-order valence-electron chi connectivity index (χ0n) is 18.8. The molecule has 1 unspecified atom stereocenters. The van der Waals surface area contributed by atoms with Crippen LogP contribution in [0.5, 0.6) is 5.75 Å². The van der Waals surface area contributed by atoms with Gasteiger partial charge in [-0.2, -0.15) is 0 Å². The van der Waals surface area contributed by atoms with Crippen molar-refractivity contribution in [3.05, 3.63) is 88.8 Å². The van der Waals surface area contributed by atoms with E-state index in [-0.39, 0.29) is 11.3 Å². The number of aromatic nitrogens is 2. The largest absolute Gasteiger partial charge is 0.507 e. The molecule has 1 atom stereocenters. The third-order valence-corrected chi connectivity index (χ3v) is 6.86. The number of thiazole rings is 1. The fraction of sp³-hybridized carbons (Fsp3) is 0.154. The van der Waals surface area contributed by atoms with Crippen molar-refractivity contribution >= 4 is 44.1 Å². The molecule has 8 heteroatoms. The molecule has 4 aromatic rings. The highest BCUT2D eigenvalue weighted by molar-refractivity contribution is 7.22. The molecule has 1 amide bonds. The first-order valence-electron chi connectivity index (χ1n) is 10.6. The van der Waals surface area contributed by atoms with E-state index in [2.05, 4.69) is 4.98 Å². The Morgan fingerprint density at radius 3 is 2.44 bits per heavy atom. The van der Waals surface area contributed by atoms with E-state index in [4.69, 9.17) is 9.72 Å². The number of hydrogen-bond donors (Lipinski definition) is 1. The fourth-order valence-electron chi connectivity index (χ4n) is 4.26. The van der Waals surface area contributed by atoms with E-state index in [1.807, 2.05) is 26.0 Å². The first-order chi connectivity index (χ1) is 16.4. The van der Waals surface area contributed by atoms with Crippen molar-refractivity contribution in [3.63, 3.8) is 0 Å². The van der Waals surface area contributed by atoms with Gasteiger partial charge in [-0.25, -0.2) is 4.98 Å². The second kappa shape index (κ2) is 8.39.